The molecule has 23 heavy (non-hydrogen) atoms. The minimum atomic E-state index is -0.167. The number of piperidine rings is 1. The molecule has 7 nitrogen and oxygen atoms in total. The van der Waals surface area contributed by atoms with Gasteiger partial charge in [0, 0.05) is 38.6 Å². The van der Waals surface area contributed by atoms with Crippen LogP contribution in [0.5, 0.6) is 0 Å². The van der Waals surface area contributed by atoms with Gasteiger partial charge in [-0.3, -0.25) is 14.6 Å². The number of carbonyl (C=O) groups is 2. The van der Waals surface area contributed by atoms with E-state index in [1.807, 2.05) is 4.90 Å². The summed E-state index contributed by atoms with van der Waals surface area (Å²) in [5.74, 6) is -0.123. The predicted octanol–water partition coefficient (Wildman–Crippen LogP) is 0.624. The van der Waals surface area contributed by atoms with Crippen LogP contribution in [-0.4, -0.2) is 59.5 Å². The summed E-state index contributed by atoms with van der Waals surface area (Å²) in [5.41, 5.74) is 0.476. The third kappa shape index (κ3) is 3.19. The maximum Gasteiger partial charge on any atom is 0.271 e. The highest BCUT2D eigenvalue weighted by molar-refractivity contribution is 5.92. The average molecular weight is 318 g/mol. The number of aromatic nitrogens is 2. The first kappa shape index (κ1) is 15.9. The van der Waals surface area contributed by atoms with E-state index in [1.54, 1.807) is 6.20 Å². The van der Waals surface area contributed by atoms with E-state index >= 15 is 0 Å². The number of hydrogen-bond acceptors (Lipinski definition) is 5. The number of ether oxygens (including phenoxy) is 1. The number of hydrogen-bond donors (Lipinski definition) is 1. The Morgan fingerprint density at radius 3 is 2.70 bits per heavy atom. The Morgan fingerprint density at radius 2 is 2.13 bits per heavy atom. The van der Waals surface area contributed by atoms with Crippen LogP contribution >= 0.6 is 0 Å². The lowest BCUT2D eigenvalue weighted by molar-refractivity contribution is -0.139. The molecule has 7 heteroatoms. The largest absolute Gasteiger partial charge is 0.375 e. The van der Waals surface area contributed by atoms with E-state index in [9.17, 15) is 9.59 Å². The molecule has 1 atom stereocenters. The molecule has 1 N–H and O–H groups in total. The lowest BCUT2D eigenvalue weighted by atomic mass is 9.59. The van der Waals surface area contributed by atoms with Crippen molar-refractivity contribution in [1.29, 1.82) is 0 Å². The molecule has 1 aliphatic heterocycles. The molecule has 1 spiro atoms. The number of carbonyl (C=O) groups excluding carboxylic acids is 2. The van der Waals surface area contributed by atoms with Crippen molar-refractivity contribution in [3.05, 3.63) is 24.3 Å². The van der Waals surface area contributed by atoms with Gasteiger partial charge in [-0.15, -0.1) is 0 Å². The molecule has 0 unspecified atom stereocenters. The van der Waals surface area contributed by atoms with Crippen molar-refractivity contribution in [3.63, 3.8) is 0 Å². The predicted molar refractivity (Wildman–Crippen MR) is 82.6 cm³/mol. The quantitative estimate of drug-likeness (QED) is 0.880. The van der Waals surface area contributed by atoms with Gasteiger partial charge in [-0.05, 0) is 31.1 Å². The Kier molecular flexibility index (Phi) is 4.56. The molecule has 0 aromatic carbocycles. The van der Waals surface area contributed by atoms with Crippen molar-refractivity contribution in [2.45, 2.75) is 31.7 Å². The molecule has 2 fully saturated rings. The molecule has 0 radical (unpaired) electrons. The monoisotopic (exact) mass is 318 g/mol. The van der Waals surface area contributed by atoms with E-state index in [0.717, 1.165) is 38.8 Å². The van der Waals surface area contributed by atoms with E-state index in [1.165, 1.54) is 19.5 Å². The second-order valence-electron chi connectivity index (χ2n) is 6.33. The van der Waals surface area contributed by atoms with Crippen molar-refractivity contribution in [2.24, 2.45) is 5.41 Å². The highest BCUT2D eigenvalue weighted by atomic mass is 16.5. The standard InChI is InChI=1S/C16H22N4O3/c1-23-11-14(21)20-8-4-16(5-9-20)3-2-13(16)19-15(22)12-10-17-6-7-18-12/h6-7,10,13H,2-5,8-9,11H2,1H3,(H,19,22)/t13-/m1/s1. The van der Waals surface area contributed by atoms with Gasteiger partial charge in [-0.1, -0.05) is 0 Å². The molecule has 2 amide bonds. The van der Waals surface area contributed by atoms with Crippen LogP contribution in [0.25, 0.3) is 0 Å². The van der Waals surface area contributed by atoms with Crippen molar-refractivity contribution in [1.82, 2.24) is 20.2 Å². The van der Waals surface area contributed by atoms with E-state index in [0.29, 0.717) is 5.69 Å². The Bertz CT molecular complexity index is 570. The van der Waals surface area contributed by atoms with Gasteiger partial charge < -0.3 is 15.0 Å². The smallest absolute Gasteiger partial charge is 0.271 e. The van der Waals surface area contributed by atoms with Crippen LogP contribution in [0.4, 0.5) is 0 Å². The summed E-state index contributed by atoms with van der Waals surface area (Å²) in [7, 11) is 1.54. The van der Waals surface area contributed by atoms with Crippen LogP contribution < -0.4 is 5.32 Å². The molecular weight excluding hydrogens is 296 g/mol. The Balaban J connectivity index is 1.56. The third-order valence-electron chi connectivity index (χ3n) is 5.15. The van der Waals surface area contributed by atoms with Crippen LogP contribution in [0.3, 0.4) is 0 Å². The highest BCUT2D eigenvalue weighted by Crippen LogP contribution is 2.49. The highest BCUT2D eigenvalue weighted by Gasteiger charge is 2.49. The Hall–Kier alpha value is -2.02. The summed E-state index contributed by atoms with van der Waals surface area (Å²) in [5, 5.41) is 3.09. The van der Waals surface area contributed by atoms with E-state index in [4.69, 9.17) is 4.74 Å². The molecule has 124 valence electrons. The first-order valence-corrected chi connectivity index (χ1v) is 7.98. The first-order chi connectivity index (χ1) is 11.1. The Morgan fingerprint density at radius 1 is 1.35 bits per heavy atom. The minimum Gasteiger partial charge on any atom is -0.375 e. The zero-order chi connectivity index (χ0) is 16.3. The molecule has 3 rings (SSSR count). The summed E-state index contributed by atoms with van der Waals surface area (Å²) in [6.45, 7) is 1.61. The number of amides is 2. The third-order valence-corrected chi connectivity index (χ3v) is 5.15. The summed E-state index contributed by atoms with van der Waals surface area (Å²) in [4.78, 5) is 33.9. The fourth-order valence-corrected chi connectivity index (χ4v) is 3.59. The second-order valence-corrected chi connectivity index (χ2v) is 6.33. The maximum absolute atomic E-state index is 12.2. The molecule has 2 aliphatic rings. The second kappa shape index (κ2) is 6.62. The molecule has 1 aromatic rings. The van der Waals surface area contributed by atoms with Crippen LogP contribution in [0, 0.1) is 5.41 Å². The molecule has 1 aliphatic carbocycles. The number of likely N-dealkylation sites (tertiary alicyclic amines) is 1. The van der Waals surface area contributed by atoms with Crippen LogP contribution in [0.1, 0.15) is 36.2 Å². The topological polar surface area (TPSA) is 84.4 Å². The fourth-order valence-electron chi connectivity index (χ4n) is 3.59. The van der Waals surface area contributed by atoms with Crippen LogP contribution in [0.15, 0.2) is 18.6 Å². The average Bonchev–Trinajstić information content (AvgIpc) is 2.59. The minimum absolute atomic E-state index is 0.0434. The molecular formula is C16H22N4O3. The van der Waals surface area contributed by atoms with Crippen molar-refractivity contribution >= 4 is 11.8 Å². The molecule has 1 aromatic heterocycles. The summed E-state index contributed by atoms with van der Waals surface area (Å²) >= 11 is 0. The normalized spacial score (nSPS) is 22.5. The number of nitrogens with one attached hydrogen (secondary N) is 1. The van der Waals surface area contributed by atoms with Gasteiger partial charge in [0.15, 0.2) is 0 Å². The molecule has 1 saturated heterocycles. The number of methoxy groups -OCH3 is 1. The van der Waals surface area contributed by atoms with Crippen LogP contribution in [0.2, 0.25) is 0 Å². The zero-order valence-corrected chi connectivity index (χ0v) is 13.3. The summed E-state index contributed by atoms with van der Waals surface area (Å²) in [6.07, 6.45) is 8.48. The summed E-state index contributed by atoms with van der Waals surface area (Å²) < 4.78 is 4.91. The Labute approximate surface area is 135 Å². The summed E-state index contributed by atoms with van der Waals surface area (Å²) in [6, 6.07) is 0.164. The van der Waals surface area contributed by atoms with Crippen molar-refractivity contribution in [3.8, 4) is 0 Å². The van der Waals surface area contributed by atoms with Gasteiger partial charge in [-0.25, -0.2) is 4.98 Å². The van der Waals surface area contributed by atoms with E-state index in [-0.39, 0.29) is 29.9 Å². The molecule has 2 heterocycles. The number of rotatable bonds is 4. The van der Waals surface area contributed by atoms with Gasteiger partial charge in [0.1, 0.15) is 12.3 Å². The van der Waals surface area contributed by atoms with Gasteiger partial charge in [0.25, 0.3) is 5.91 Å². The zero-order valence-electron chi connectivity index (χ0n) is 13.3. The van der Waals surface area contributed by atoms with Crippen molar-refractivity contribution in [2.75, 3.05) is 26.8 Å². The maximum atomic E-state index is 12.2. The first-order valence-electron chi connectivity index (χ1n) is 7.98. The van der Waals surface area contributed by atoms with Gasteiger partial charge in [0.05, 0.1) is 6.20 Å². The molecule has 1 saturated carbocycles. The van der Waals surface area contributed by atoms with Gasteiger partial charge in [-0.2, -0.15) is 0 Å². The fraction of sp³-hybridized carbons (Fsp3) is 0.625. The van der Waals surface area contributed by atoms with Gasteiger partial charge in [0.2, 0.25) is 5.91 Å². The molecule has 0 bridgehead atoms. The van der Waals surface area contributed by atoms with E-state index < -0.39 is 0 Å². The van der Waals surface area contributed by atoms with Crippen LogP contribution in [-0.2, 0) is 9.53 Å². The number of nitrogens with zero attached hydrogens (tertiary/aromatic N) is 3. The van der Waals surface area contributed by atoms with Gasteiger partial charge >= 0.3 is 0 Å². The van der Waals surface area contributed by atoms with Crippen molar-refractivity contribution < 1.29 is 14.3 Å². The lowest BCUT2D eigenvalue weighted by Crippen LogP contribution is -2.59. The lowest BCUT2D eigenvalue weighted by Gasteiger charge is -2.54. The van der Waals surface area contributed by atoms with E-state index in [2.05, 4.69) is 15.3 Å². The SMILES string of the molecule is COCC(=O)N1CCC2(CC[C@H]2NC(=O)c2cnccn2)CC1.